The minimum atomic E-state index is -0.120. The van der Waals surface area contributed by atoms with E-state index in [2.05, 4.69) is 23.1 Å². The van der Waals surface area contributed by atoms with Gasteiger partial charge in [-0.1, -0.05) is 30.4 Å². The smallest absolute Gasteiger partial charge is 0.229 e. The second-order valence-electron chi connectivity index (χ2n) is 6.74. The van der Waals surface area contributed by atoms with Crippen molar-refractivity contribution in [2.45, 2.75) is 19.3 Å². The molecule has 124 valence electrons. The third-order valence-corrected chi connectivity index (χ3v) is 5.18. The van der Waals surface area contributed by atoms with Crippen molar-refractivity contribution in [1.82, 2.24) is 9.80 Å². The van der Waals surface area contributed by atoms with Gasteiger partial charge in [-0.3, -0.25) is 9.69 Å². The fourth-order valence-corrected chi connectivity index (χ4v) is 3.89. The van der Waals surface area contributed by atoms with Crippen LogP contribution in [-0.4, -0.2) is 56.0 Å². The minimum Gasteiger partial charge on any atom is -0.496 e. The molecular formula is C19H26N2O2. The highest BCUT2D eigenvalue weighted by molar-refractivity contribution is 5.83. The highest BCUT2D eigenvalue weighted by atomic mass is 16.5. The van der Waals surface area contributed by atoms with Crippen LogP contribution in [0, 0.1) is 5.41 Å². The summed E-state index contributed by atoms with van der Waals surface area (Å²) in [5, 5.41) is 0. The van der Waals surface area contributed by atoms with E-state index < -0.39 is 0 Å². The van der Waals surface area contributed by atoms with Crippen LogP contribution in [0.5, 0.6) is 5.75 Å². The fraction of sp³-hybridized carbons (Fsp3) is 0.526. The van der Waals surface area contributed by atoms with Crippen LogP contribution < -0.4 is 4.74 Å². The number of likely N-dealkylation sites (tertiary alicyclic amines) is 2. The number of piperidine rings is 1. The summed E-state index contributed by atoms with van der Waals surface area (Å²) < 4.78 is 5.37. The number of hydrogen-bond donors (Lipinski definition) is 0. The predicted octanol–water partition coefficient (Wildman–Crippen LogP) is 2.65. The van der Waals surface area contributed by atoms with E-state index in [9.17, 15) is 4.79 Å². The van der Waals surface area contributed by atoms with E-state index >= 15 is 0 Å². The number of amides is 1. The van der Waals surface area contributed by atoms with Gasteiger partial charge in [0.1, 0.15) is 5.75 Å². The van der Waals surface area contributed by atoms with E-state index in [4.69, 9.17) is 4.74 Å². The fourth-order valence-electron chi connectivity index (χ4n) is 3.89. The molecule has 3 rings (SSSR count). The van der Waals surface area contributed by atoms with Crippen LogP contribution in [0.4, 0.5) is 0 Å². The Hall–Kier alpha value is -1.81. The van der Waals surface area contributed by atoms with Gasteiger partial charge < -0.3 is 9.64 Å². The molecule has 1 aromatic carbocycles. The van der Waals surface area contributed by atoms with Crippen LogP contribution in [0.1, 0.15) is 24.8 Å². The first kappa shape index (κ1) is 16.1. The lowest BCUT2D eigenvalue weighted by atomic mass is 9.78. The average Bonchev–Trinajstić information content (AvgIpc) is 2.97. The summed E-state index contributed by atoms with van der Waals surface area (Å²) in [5.74, 6) is 1.24. The zero-order valence-electron chi connectivity index (χ0n) is 14.1. The number of para-hydroxylation sites is 1. The van der Waals surface area contributed by atoms with Crippen molar-refractivity contribution in [3.8, 4) is 5.75 Å². The molecule has 0 radical (unpaired) electrons. The van der Waals surface area contributed by atoms with E-state index in [-0.39, 0.29) is 5.41 Å². The van der Waals surface area contributed by atoms with Crippen molar-refractivity contribution in [3.63, 3.8) is 0 Å². The maximum absolute atomic E-state index is 12.5. The van der Waals surface area contributed by atoms with Gasteiger partial charge in [-0.15, -0.1) is 0 Å². The quantitative estimate of drug-likeness (QED) is 0.856. The SMILES string of the molecule is COc1ccccc1/C=C/CN1CC[C@@]2(CCCN(C)C2=O)C1. The van der Waals surface area contributed by atoms with Gasteiger partial charge in [-0.25, -0.2) is 0 Å². The van der Waals surface area contributed by atoms with E-state index in [1.54, 1.807) is 7.11 Å². The van der Waals surface area contributed by atoms with Gasteiger partial charge in [0.05, 0.1) is 12.5 Å². The molecule has 2 heterocycles. The number of rotatable bonds is 4. The molecule has 23 heavy (non-hydrogen) atoms. The van der Waals surface area contributed by atoms with Crippen molar-refractivity contribution in [3.05, 3.63) is 35.9 Å². The molecule has 0 aliphatic carbocycles. The molecule has 1 amide bonds. The number of carbonyl (C=O) groups excluding carboxylic acids is 1. The largest absolute Gasteiger partial charge is 0.496 e. The Morgan fingerprint density at radius 1 is 1.26 bits per heavy atom. The van der Waals surface area contributed by atoms with Crippen LogP contribution in [-0.2, 0) is 4.79 Å². The van der Waals surface area contributed by atoms with E-state index in [0.29, 0.717) is 5.91 Å². The normalized spacial score (nSPS) is 25.7. The summed E-state index contributed by atoms with van der Waals surface area (Å²) in [7, 11) is 3.63. The number of ether oxygens (including phenoxy) is 1. The summed E-state index contributed by atoms with van der Waals surface area (Å²) in [4.78, 5) is 16.8. The molecule has 1 spiro atoms. The van der Waals surface area contributed by atoms with Gasteiger partial charge in [-0.2, -0.15) is 0 Å². The van der Waals surface area contributed by atoms with E-state index in [1.165, 1.54) is 0 Å². The Morgan fingerprint density at radius 3 is 2.91 bits per heavy atom. The molecule has 2 saturated heterocycles. The summed E-state index contributed by atoms with van der Waals surface area (Å²) in [6, 6.07) is 8.02. The number of nitrogens with zero attached hydrogens (tertiary/aromatic N) is 2. The first-order chi connectivity index (χ1) is 11.1. The summed E-state index contributed by atoms with van der Waals surface area (Å²) in [6.45, 7) is 3.70. The van der Waals surface area contributed by atoms with Crippen LogP contribution >= 0.6 is 0 Å². The molecule has 4 nitrogen and oxygen atoms in total. The van der Waals surface area contributed by atoms with E-state index in [1.807, 2.05) is 30.1 Å². The van der Waals surface area contributed by atoms with Crippen molar-refractivity contribution in [2.75, 3.05) is 40.3 Å². The standard InChI is InChI=1S/C19H26N2O2/c1-20-12-6-10-19(18(20)22)11-14-21(15-19)13-5-8-16-7-3-4-9-17(16)23-2/h3-5,7-9H,6,10-15H2,1-2H3/b8-5+/t19-/m0/s1. The van der Waals surface area contributed by atoms with Gasteiger partial charge in [0, 0.05) is 32.2 Å². The Balaban J connectivity index is 1.60. The van der Waals surface area contributed by atoms with Crippen LogP contribution in [0.15, 0.2) is 30.3 Å². The lowest BCUT2D eigenvalue weighted by Gasteiger charge is -2.37. The minimum absolute atomic E-state index is 0.120. The molecule has 0 bridgehead atoms. The first-order valence-electron chi connectivity index (χ1n) is 8.42. The summed E-state index contributed by atoms with van der Waals surface area (Å²) >= 11 is 0. The molecule has 2 fully saturated rings. The molecule has 0 saturated carbocycles. The van der Waals surface area contributed by atoms with Gasteiger partial charge in [0.15, 0.2) is 0 Å². The third-order valence-electron chi connectivity index (χ3n) is 5.18. The second kappa shape index (κ2) is 6.75. The lowest BCUT2D eigenvalue weighted by molar-refractivity contribution is -0.143. The average molecular weight is 314 g/mol. The molecule has 2 aliphatic rings. The lowest BCUT2D eigenvalue weighted by Crippen LogP contribution is -2.48. The monoisotopic (exact) mass is 314 g/mol. The highest BCUT2D eigenvalue weighted by Crippen LogP contribution is 2.39. The molecule has 4 heteroatoms. The van der Waals surface area contributed by atoms with Gasteiger partial charge in [0.2, 0.25) is 5.91 Å². The Kier molecular flexibility index (Phi) is 4.71. The van der Waals surface area contributed by atoms with Crippen molar-refractivity contribution < 1.29 is 9.53 Å². The van der Waals surface area contributed by atoms with Gasteiger partial charge in [0.25, 0.3) is 0 Å². The molecule has 1 aromatic rings. The van der Waals surface area contributed by atoms with Crippen LogP contribution in [0.3, 0.4) is 0 Å². The summed E-state index contributed by atoms with van der Waals surface area (Å²) in [6.07, 6.45) is 7.46. The second-order valence-corrected chi connectivity index (χ2v) is 6.74. The number of hydrogen-bond acceptors (Lipinski definition) is 3. The number of carbonyl (C=O) groups is 1. The maximum Gasteiger partial charge on any atom is 0.229 e. The molecule has 2 aliphatic heterocycles. The van der Waals surface area contributed by atoms with Gasteiger partial charge >= 0.3 is 0 Å². The molecule has 1 atom stereocenters. The molecular weight excluding hydrogens is 288 g/mol. The summed E-state index contributed by atoms with van der Waals surface area (Å²) in [5.41, 5.74) is 0.975. The first-order valence-corrected chi connectivity index (χ1v) is 8.42. The zero-order chi connectivity index (χ0) is 16.3. The molecule has 0 unspecified atom stereocenters. The Morgan fingerprint density at radius 2 is 2.09 bits per heavy atom. The van der Waals surface area contributed by atoms with Crippen LogP contribution in [0.2, 0.25) is 0 Å². The molecule has 0 aromatic heterocycles. The zero-order valence-corrected chi connectivity index (χ0v) is 14.1. The Bertz CT molecular complexity index is 599. The predicted molar refractivity (Wildman–Crippen MR) is 92.4 cm³/mol. The van der Waals surface area contributed by atoms with Crippen LogP contribution in [0.25, 0.3) is 6.08 Å². The number of benzene rings is 1. The Labute approximate surface area is 138 Å². The maximum atomic E-state index is 12.5. The van der Waals surface area contributed by atoms with Gasteiger partial charge in [-0.05, 0) is 31.9 Å². The third kappa shape index (κ3) is 3.27. The molecule has 0 N–H and O–H groups in total. The topological polar surface area (TPSA) is 32.8 Å². The van der Waals surface area contributed by atoms with Crippen molar-refractivity contribution >= 4 is 12.0 Å². The highest BCUT2D eigenvalue weighted by Gasteiger charge is 2.46. The van der Waals surface area contributed by atoms with Crippen molar-refractivity contribution in [2.24, 2.45) is 5.41 Å². The number of methoxy groups -OCH3 is 1. The van der Waals surface area contributed by atoms with E-state index in [0.717, 1.165) is 56.8 Å². The van der Waals surface area contributed by atoms with Crippen molar-refractivity contribution in [1.29, 1.82) is 0 Å².